The molecular weight excluding hydrogens is 340 g/mol. The number of hydrogen-bond donors (Lipinski definition) is 3. The molecular formula is C18H20N2O4S. The molecule has 0 fully saturated rings. The molecule has 0 aliphatic rings. The number of carbonyl (C=O) groups is 3. The molecule has 1 heterocycles. The molecule has 0 unspecified atom stereocenters. The predicted octanol–water partition coefficient (Wildman–Crippen LogP) is 3.37. The number of aliphatic carboxylic acids is 1. The molecule has 25 heavy (non-hydrogen) atoms. The van der Waals surface area contributed by atoms with Gasteiger partial charge in [0.05, 0.1) is 16.1 Å². The number of nitrogens with one attached hydrogen (secondary N) is 2. The zero-order chi connectivity index (χ0) is 18.2. The maximum atomic E-state index is 12.5. The van der Waals surface area contributed by atoms with Gasteiger partial charge >= 0.3 is 5.97 Å². The Kier molecular flexibility index (Phi) is 6.71. The van der Waals surface area contributed by atoms with E-state index < -0.39 is 17.9 Å². The van der Waals surface area contributed by atoms with Gasteiger partial charge in [0.1, 0.15) is 6.04 Å². The number of benzene rings is 1. The Morgan fingerprint density at radius 1 is 1.12 bits per heavy atom. The number of anilines is 1. The van der Waals surface area contributed by atoms with Crippen molar-refractivity contribution in [2.75, 3.05) is 5.32 Å². The van der Waals surface area contributed by atoms with Crippen molar-refractivity contribution in [2.45, 2.75) is 32.2 Å². The summed E-state index contributed by atoms with van der Waals surface area (Å²) in [4.78, 5) is 36.5. The quantitative estimate of drug-likeness (QED) is 0.672. The van der Waals surface area contributed by atoms with Gasteiger partial charge in [0.25, 0.3) is 11.8 Å². The molecule has 2 aromatic rings. The Morgan fingerprint density at radius 2 is 1.88 bits per heavy atom. The number of thiophene rings is 1. The van der Waals surface area contributed by atoms with Gasteiger partial charge in [0.15, 0.2) is 0 Å². The monoisotopic (exact) mass is 360 g/mol. The third-order valence-corrected chi connectivity index (χ3v) is 4.48. The first kappa shape index (κ1) is 18.7. The number of carboxylic acids is 1. The number of unbranched alkanes of at least 4 members (excludes halogenated alkanes) is 1. The minimum absolute atomic E-state index is 0.232. The smallest absolute Gasteiger partial charge is 0.326 e. The summed E-state index contributed by atoms with van der Waals surface area (Å²) in [5, 5.41) is 16.3. The number of carbonyl (C=O) groups excluding carboxylic acids is 2. The summed E-state index contributed by atoms with van der Waals surface area (Å²) in [6, 6.07) is 9.04. The first-order chi connectivity index (χ1) is 12.0. The Hall–Kier alpha value is -2.67. The summed E-state index contributed by atoms with van der Waals surface area (Å²) in [6.45, 7) is 1.95. The van der Waals surface area contributed by atoms with Crippen LogP contribution in [-0.4, -0.2) is 28.9 Å². The van der Waals surface area contributed by atoms with E-state index >= 15 is 0 Å². The van der Waals surface area contributed by atoms with Crippen LogP contribution in [0.1, 0.15) is 46.2 Å². The van der Waals surface area contributed by atoms with Gasteiger partial charge in [-0.05, 0) is 30.0 Å². The molecule has 0 bridgehead atoms. The fraction of sp³-hybridized carbons (Fsp3) is 0.278. The van der Waals surface area contributed by atoms with E-state index in [2.05, 4.69) is 10.6 Å². The average molecular weight is 360 g/mol. The Morgan fingerprint density at radius 3 is 2.52 bits per heavy atom. The van der Waals surface area contributed by atoms with E-state index in [1.165, 1.54) is 11.3 Å². The molecule has 1 aromatic carbocycles. The fourth-order valence-electron chi connectivity index (χ4n) is 2.28. The maximum Gasteiger partial charge on any atom is 0.326 e. The molecule has 0 saturated heterocycles. The largest absolute Gasteiger partial charge is 0.480 e. The van der Waals surface area contributed by atoms with E-state index in [0.717, 1.165) is 6.42 Å². The third kappa shape index (κ3) is 5.15. The minimum atomic E-state index is -1.07. The lowest BCUT2D eigenvalue weighted by Gasteiger charge is -2.16. The van der Waals surface area contributed by atoms with Crippen LogP contribution in [0, 0.1) is 0 Å². The third-order valence-electron chi connectivity index (χ3n) is 3.61. The van der Waals surface area contributed by atoms with Gasteiger partial charge < -0.3 is 15.7 Å². The highest BCUT2D eigenvalue weighted by Crippen LogP contribution is 2.18. The molecule has 132 valence electrons. The van der Waals surface area contributed by atoms with Crippen LogP contribution >= 0.6 is 11.3 Å². The molecule has 2 amide bonds. The van der Waals surface area contributed by atoms with Crippen LogP contribution in [0.2, 0.25) is 0 Å². The number of carboxylic acid groups (broad SMARTS) is 1. The normalized spacial score (nSPS) is 11.6. The standard InChI is InChI=1S/C18H20N2O4S/c1-2-3-8-14(18(23)24)20-16(21)12-7-4-5-9-13(12)19-17(22)15-10-6-11-25-15/h4-7,9-11,14H,2-3,8H2,1H3,(H,19,22)(H,20,21)(H,23,24)/t14-/m0/s1. The number of para-hydroxylation sites is 1. The zero-order valence-electron chi connectivity index (χ0n) is 13.8. The van der Waals surface area contributed by atoms with Gasteiger partial charge in [-0.25, -0.2) is 4.79 Å². The highest BCUT2D eigenvalue weighted by molar-refractivity contribution is 7.12. The summed E-state index contributed by atoms with van der Waals surface area (Å²) in [7, 11) is 0. The molecule has 0 aliphatic carbocycles. The molecule has 0 saturated carbocycles. The van der Waals surface area contributed by atoms with Crippen molar-refractivity contribution in [3.8, 4) is 0 Å². The fourth-order valence-corrected chi connectivity index (χ4v) is 2.90. The summed E-state index contributed by atoms with van der Waals surface area (Å²) < 4.78 is 0. The van der Waals surface area contributed by atoms with E-state index in [-0.39, 0.29) is 11.5 Å². The van der Waals surface area contributed by atoms with Crippen molar-refractivity contribution in [1.29, 1.82) is 0 Å². The van der Waals surface area contributed by atoms with Crippen LogP contribution in [0.3, 0.4) is 0 Å². The van der Waals surface area contributed by atoms with Crippen LogP contribution in [0.15, 0.2) is 41.8 Å². The van der Waals surface area contributed by atoms with Crippen molar-refractivity contribution in [1.82, 2.24) is 5.32 Å². The second kappa shape index (κ2) is 8.98. The van der Waals surface area contributed by atoms with E-state index in [1.807, 2.05) is 6.92 Å². The van der Waals surface area contributed by atoms with Gasteiger partial charge in [-0.3, -0.25) is 9.59 Å². The summed E-state index contributed by atoms with van der Waals surface area (Å²) >= 11 is 1.30. The zero-order valence-corrected chi connectivity index (χ0v) is 14.6. The molecule has 0 radical (unpaired) electrons. The molecule has 0 spiro atoms. The summed E-state index contributed by atoms with van der Waals surface area (Å²) in [6.07, 6.45) is 1.91. The molecule has 7 heteroatoms. The first-order valence-electron chi connectivity index (χ1n) is 8.00. The van der Waals surface area contributed by atoms with Crippen molar-refractivity contribution in [3.63, 3.8) is 0 Å². The number of hydrogen-bond acceptors (Lipinski definition) is 4. The highest BCUT2D eigenvalue weighted by atomic mass is 32.1. The Balaban J connectivity index is 2.14. The summed E-state index contributed by atoms with van der Waals surface area (Å²) in [5.74, 6) is -1.90. The lowest BCUT2D eigenvalue weighted by molar-refractivity contribution is -0.139. The maximum absolute atomic E-state index is 12.5. The van der Waals surface area contributed by atoms with E-state index in [4.69, 9.17) is 0 Å². The van der Waals surface area contributed by atoms with Gasteiger partial charge in [-0.15, -0.1) is 11.3 Å². The SMILES string of the molecule is CCCC[C@H](NC(=O)c1ccccc1NC(=O)c1cccs1)C(=O)O. The minimum Gasteiger partial charge on any atom is -0.480 e. The van der Waals surface area contributed by atoms with Gasteiger partial charge in [-0.2, -0.15) is 0 Å². The van der Waals surface area contributed by atoms with Crippen molar-refractivity contribution in [2.24, 2.45) is 0 Å². The van der Waals surface area contributed by atoms with E-state index in [9.17, 15) is 19.5 Å². The van der Waals surface area contributed by atoms with E-state index in [0.29, 0.717) is 23.4 Å². The van der Waals surface area contributed by atoms with Crippen LogP contribution in [-0.2, 0) is 4.79 Å². The highest BCUT2D eigenvalue weighted by Gasteiger charge is 2.22. The number of rotatable bonds is 8. The van der Waals surface area contributed by atoms with Crippen LogP contribution in [0.5, 0.6) is 0 Å². The molecule has 1 atom stereocenters. The molecule has 1 aromatic heterocycles. The Bertz CT molecular complexity index is 743. The second-order valence-electron chi connectivity index (χ2n) is 5.48. The van der Waals surface area contributed by atoms with Crippen molar-refractivity contribution < 1.29 is 19.5 Å². The van der Waals surface area contributed by atoms with Crippen LogP contribution in [0.25, 0.3) is 0 Å². The first-order valence-corrected chi connectivity index (χ1v) is 8.88. The Labute approximate surface area is 149 Å². The molecule has 0 aliphatic heterocycles. The predicted molar refractivity (Wildman–Crippen MR) is 97.1 cm³/mol. The lowest BCUT2D eigenvalue weighted by atomic mass is 10.1. The summed E-state index contributed by atoms with van der Waals surface area (Å²) in [5.41, 5.74) is 0.577. The lowest BCUT2D eigenvalue weighted by Crippen LogP contribution is -2.41. The number of amides is 2. The molecule has 2 rings (SSSR count). The van der Waals surface area contributed by atoms with E-state index in [1.54, 1.807) is 41.8 Å². The molecule has 6 nitrogen and oxygen atoms in total. The average Bonchev–Trinajstić information content (AvgIpc) is 3.13. The van der Waals surface area contributed by atoms with Crippen LogP contribution < -0.4 is 10.6 Å². The van der Waals surface area contributed by atoms with Crippen molar-refractivity contribution >= 4 is 34.8 Å². The van der Waals surface area contributed by atoms with Gasteiger partial charge in [-0.1, -0.05) is 38.0 Å². The van der Waals surface area contributed by atoms with Gasteiger partial charge in [0, 0.05) is 0 Å². The van der Waals surface area contributed by atoms with Crippen LogP contribution in [0.4, 0.5) is 5.69 Å². The second-order valence-corrected chi connectivity index (χ2v) is 6.43. The van der Waals surface area contributed by atoms with Crippen molar-refractivity contribution in [3.05, 3.63) is 52.2 Å². The topological polar surface area (TPSA) is 95.5 Å². The molecule has 3 N–H and O–H groups in total. The van der Waals surface area contributed by atoms with Gasteiger partial charge in [0.2, 0.25) is 0 Å².